The highest BCUT2D eigenvalue weighted by Gasteiger charge is 2.02. The van der Waals surface area contributed by atoms with Gasteiger partial charge in [-0.05, 0) is 19.9 Å². The second-order valence-electron chi connectivity index (χ2n) is 3.11. The van der Waals surface area contributed by atoms with Gasteiger partial charge in [0, 0.05) is 12.0 Å². The summed E-state index contributed by atoms with van der Waals surface area (Å²) in [6, 6.07) is 7.94. The van der Waals surface area contributed by atoms with E-state index in [9.17, 15) is 0 Å². The molecule has 0 heterocycles. The topological polar surface area (TPSA) is 9.23 Å². The van der Waals surface area contributed by atoms with Crippen molar-refractivity contribution in [3.8, 4) is 5.75 Å². The first kappa shape index (κ1) is 9.85. The molecular weight excluding hydrogens is 160 g/mol. The first-order chi connectivity index (χ1) is 6.24. The maximum Gasteiger partial charge on any atom is 0.123 e. The quantitative estimate of drug-likeness (QED) is 0.682. The Morgan fingerprint density at radius 2 is 2.00 bits per heavy atom. The Morgan fingerprint density at radius 3 is 2.62 bits per heavy atom. The van der Waals surface area contributed by atoms with Crippen LogP contribution < -0.4 is 4.74 Å². The van der Waals surface area contributed by atoms with Crippen LogP contribution in [0.15, 0.2) is 36.9 Å². The molecule has 1 aromatic rings. The molecule has 0 N–H and O–H groups in total. The maximum atomic E-state index is 5.62. The van der Waals surface area contributed by atoms with Gasteiger partial charge in [0.25, 0.3) is 0 Å². The Kier molecular flexibility index (Phi) is 3.56. The molecule has 0 aromatic heterocycles. The first-order valence-electron chi connectivity index (χ1n) is 4.45. The molecule has 13 heavy (non-hydrogen) atoms. The van der Waals surface area contributed by atoms with Gasteiger partial charge in [0.05, 0.1) is 6.10 Å². The number of hydrogen-bond acceptors (Lipinski definition) is 1. The molecule has 1 aromatic carbocycles. The average Bonchev–Trinajstić information content (AvgIpc) is 2.08. The Balaban J connectivity index is 2.83. The molecule has 0 unspecified atom stereocenters. The highest BCUT2D eigenvalue weighted by atomic mass is 16.5. The molecule has 1 heteroatoms. The Labute approximate surface area is 80.0 Å². The second-order valence-corrected chi connectivity index (χ2v) is 3.11. The first-order valence-corrected chi connectivity index (χ1v) is 4.45. The molecule has 1 rings (SSSR count). The van der Waals surface area contributed by atoms with E-state index in [1.807, 2.05) is 44.5 Å². The van der Waals surface area contributed by atoms with Crippen LogP contribution in [0.4, 0.5) is 0 Å². The summed E-state index contributed by atoms with van der Waals surface area (Å²) in [6.45, 7) is 7.70. The van der Waals surface area contributed by atoms with Crippen LogP contribution in [0.3, 0.4) is 0 Å². The lowest BCUT2D eigenvalue weighted by molar-refractivity contribution is 0.241. The Morgan fingerprint density at radius 1 is 1.31 bits per heavy atom. The van der Waals surface area contributed by atoms with E-state index in [-0.39, 0.29) is 6.10 Å². The van der Waals surface area contributed by atoms with E-state index in [1.165, 1.54) is 0 Å². The van der Waals surface area contributed by atoms with Crippen molar-refractivity contribution in [2.24, 2.45) is 0 Å². The van der Waals surface area contributed by atoms with Crippen LogP contribution in [-0.2, 0) is 0 Å². The lowest BCUT2D eigenvalue weighted by atomic mass is 10.1. The van der Waals surface area contributed by atoms with Crippen LogP contribution in [0.25, 0.3) is 0 Å². The molecule has 69 valence electrons. The molecule has 0 aliphatic carbocycles. The summed E-state index contributed by atoms with van der Waals surface area (Å²) in [6.07, 6.45) is 3.92. The van der Waals surface area contributed by atoms with Crippen molar-refractivity contribution in [1.29, 1.82) is 0 Å². The van der Waals surface area contributed by atoms with Gasteiger partial charge in [-0.15, -0.1) is 6.58 Å². The second kappa shape index (κ2) is 4.70. The average molecular weight is 175 g/mol. The molecule has 0 saturated heterocycles. The molecule has 0 spiro atoms. The third-order valence-electron chi connectivity index (χ3n) is 1.58. The Bertz CT molecular complexity index is 276. The molecule has 1 radical (unpaired) electrons. The summed E-state index contributed by atoms with van der Waals surface area (Å²) < 4.78 is 5.62. The summed E-state index contributed by atoms with van der Waals surface area (Å²) in [4.78, 5) is 0. The van der Waals surface area contributed by atoms with E-state index in [4.69, 9.17) is 4.74 Å². The zero-order chi connectivity index (χ0) is 9.68. The summed E-state index contributed by atoms with van der Waals surface area (Å²) in [5, 5.41) is 0. The van der Waals surface area contributed by atoms with Crippen molar-refractivity contribution in [1.82, 2.24) is 0 Å². The molecule has 1 nitrogen and oxygen atoms in total. The summed E-state index contributed by atoms with van der Waals surface area (Å²) in [7, 11) is 0. The van der Waals surface area contributed by atoms with Gasteiger partial charge in [-0.3, -0.25) is 0 Å². The molecule has 0 saturated carbocycles. The lowest BCUT2D eigenvalue weighted by Gasteiger charge is -2.12. The van der Waals surface area contributed by atoms with E-state index in [2.05, 4.69) is 6.58 Å². The van der Waals surface area contributed by atoms with Gasteiger partial charge in [-0.1, -0.05) is 24.3 Å². The van der Waals surface area contributed by atoms with Gasteiger partial charge in [0.2, 0.25) is 0 Å². The standard InChI is InChI=1S/C12H15O/c1-4-7-11-8-5-6-9-12(11)13-10(2)3/h4-10H,1H2,2-3H3. The van der Waals surface area contributed by atoms with Crippen LogP contribution in [-0.4, -0.2) is 6.10 Å². The minimum atomic E-state index is 0.208. The molecule has 0 aliphatic heterocycles. The maximum absolute atomic E-state index is 5.62. The summed E-state index contributed by atoms with van der Waals surface area (Å²) in [5.41, 5.74) is 1.08. The largest absolute Gasteiger partial charge is 0.491 e. The number of rotatable bonds is 4. The van der Waals surface area contributed by atoms with Crippen LogP contribution in [0.5, 0.6) is 5.75 Å². The molecular formula is C12H15O. The van der Waals surface area contributed by atoms with E-state index < -0.39 is 0 Å². The van der Waals surface area contributed by atoms with Crippen molar-refractivity contribution in [3.05, 3.63) is 48.9 Å². The molecule has 0 atom stereocenters. The molecule has 0 aliphatic rings. The third-order valence-corrected chi connectivity index (χ3v) is 1.58. The lowest BCUT2D eigenvalue weighted by Crippen LogP contribution is -2.06. The fraction of sp³-hybridized carbons (Fsp3) is 0.250. The smallest absolute Gasteiger partial charge is 0.123 e. The van der Waals surface area contributed by atoms with Crippen LogP contribution in [0.1, 0.15) is 19.4 Å². The van der Waals surface area contributed by atoms with Gasteiger partial charge >= 0.3 is 0 Å². The Hall–Kier alpha value is -1.24. The zero-order valence-electron chi connectivity index (χ0n) is 8.16. The highest BCUT2D eigenvalue weighted by Crippen LogP contribution is 2.20. The van der Waals surface area contributed by atoms with Crippen molar-refractivity contribution >= 4 is 0 Å². The van der Waals surface area contributed by atoms with Crippen molar-refractivity contribution in [2.75, 3.05) is 0 Å². The van der Waals surface area contributed by atoms with E-state index in [0.717, 1.165) is 11.3 Å². The predicted molar refractivity (Wildman–Crippen MR) is 55.8 cm³/mol. The third kappa shape index (κ3) is 2.94. The van der Waals surface area contributed by atoms with Crippen molar-refractivity contribution in [3.63, 3.8) is 0 Å². The number of para-hydroxylation sites is 1. The normalized spacial score (nSPS) is 10.1. The van der Waals surface area contributed by atoms with Crippen LogP contribution in [0, 0.1) is 6.42 Å². The molecule has 0 fully saturated rings. The SMILES string of the molecule is C=C[CH]c1ccccc1OC(C)C. The van der Waals surface area contributed by atoms with E-state index in [0.29, 0.717) is 0 Å². The van der Waals surface area contributed by atoms with Crippen molar-refractivity contribution < 1.29 is 4.74 Å². The van der Waals surface area contributed by atoms with E-state index >= 15 is 0 Å². The minimum absolute atomic E-state index is 0.208. The van der Waals surface area contributed by atoms with Gasteiger partial charge < -0.3 is 4.74 Å². The number of hydrogen-bond donors (Lipinski definition) is 0. The fourth-order valence-electron chi connectivity index (χ4n) is 1.11. The fourth-order valence-corrected chi connectivity index (χ4v) is 1.11. The number of ether oxygens (including phenoxy) is 1. The number of benzene rings is 1. The molecule has 0 amide bonds. The summed E-state index contributed by atoms with van der Waals surface area (Å²) in [5.74, 6) is 0.914. The highest BCUT2D eigenvalue weighted by molar-refractivity contribution is 5.40. The van der Waals surface area contributed by atoms with Gasteiger partial charge in [-0.25, -0.2) is 0 Å². The van der Waals surface area contributed by atoms with E-state index in [1.54, 1.807) is 6.08 Å². The predicted octanol–water partition coefficient (Wildman–Crippen LogP) is 3.21. The van der Waals surface area contributed by atoms with Crippen molar-refractivity contribution in [2.45, 2.75) is 20.0 Å². The van der Waals surface area contributed by atoms with Gasteiger partial charge in [0.15, 0.2) is 0 Å². The molecule has 0 bridgehead atoms. The van der Waals surface area contributed by atoms with Gasteiger partial charge in [0.1, 0.15) is 5.75 Å². The number of allylic oxidation sites excluding steroid dienone is 1. The van der Waals surface area contributed by atoms with Crippen LogP contribution >= 0.6 is 0 Å². The minimum Gasteiger partial charge on any atom is -0.491 e. The van der Waals surface area contributed by atoms with Gasteiger partial charge in [-0.2, -0.15) is 0 Å². The summed E-state index contributed by atoms with van der Waals surface area (Å²) >= 11 is 0. The zero-order valence-corrected chi connectivity index (χ0v) is 8.16. The monoisotopic (exact) mass is 175 g/mol. The van der Waals surface area contributed by atoms with Crippen LogP contribution in [0.2, 0.25) is 0 Å².